The van der Waals surface area contributed by atoms with Crippen LogP contribution in [0.4, 0.5) is 5.82 Å². The third kappa shape index (κ3) is 3.79. The normalized spacial score (nSPS) is 10.1. The van der Waals surface area contributed by atoms with Crippen molar-refractivity contribution in [2.24, 2.45) is 0 Å². The van der Waals surface area contributed by atoms with E-state index in [9.17, 15) is 9.59 Å². The number of halogens is 2. The van der Waals surface area contributed by atoms with E-state index in [0.29, 0.717) is 10.8 Å². The molecule has 102 valence electrons. The molecule has 6 heteroatoms. The van der Waals surface area contributed by atoms with E-state index in [2.05, 4.69) is 10.3 Å². The fourth-order valence-electron chi connectivity index (χ4n) is 1.59. The molecular weight excluding hydrogens is 299 g/mol. The molecule has 0 spiro atoms. The Balaban J connectivity index is 2.01. The lowest BCUT2D eigenvalue weighted by Crippen LogP contribution is -2.15. The molecule has 0 unspecified atom stereocenters. The molecule has 0 radical (unpaired) electrons. The Bertz CT molecular complexity index is 642. The predicted molar refractivity (Wildman–Crippen MR) is 78.2 cm³/mol. The van der Waals surface area contributed by atoms with E-state index in [1.165, 1.54) is 18.3 Å². The Kier molecular flexibility index (Phi) is 4.71. The number of amides is 1. The molecule has 4 nitrogen and oxygen atoms in total. The number of aromatic nitrogens is 1. The standard InChI is InChI=1S/C14H10Cl2N2O2/c15-11-4-2-1-3-9(11)7-13(19)18-12-6-5-10(8-17-12)14(16)20/h1-6,8H,7H2,(H,17,18,19). The molecule has 0 atom stereocenters. The van der Waals surface area contributed by atoms with E-state index >= 15 is 0 Å². The van der Waals surface area contributed by atoms with Crippen molar-refractivity contribution in [2.45, 2.75) is 6.42 Å². The Hall–Kier alpha value is -1.91. The van der Waals surface area contributed by atoms with Crippen molar-refractivity contribution < 1.29 is 9.59 Å². The second-order valence-electron chi connectivity index (χ2n) is 4.02. The van der Waals surface area contributed by atoms with Crippen LogP contribution in [0.3, 0.4) is 0 Å². The summed E-state index contributed by atoms with van der Waals surface area (Å²) in [6.45, 7) is 0. The fraction of sp³-hybridized carbons (Fsp3) is 0.0714. The highest BCUT2D eigenvalue weighted by atomic mass is 35.5. The van der Waals surface area contributed by atoms with Crippen molar-refractivity contribution in [2.75, 3.05) is 5.32 Å². The number of carbonyl (C=O) groups excluding carboxylic acids is 2. The SMILES string of the molecule is O=C(Cc1ccccc1Cl)Nc1ccc(C(=O)Cl)cn1. The molecule has 0 aliphatic carbocycles. The topological polar surface area (TPSA) is 59.1 Å². The zero-order valence-corrected chi connectivity index (χ0v) is 11.8. The summed E-state index contributed by atoms with van der Waals surface area (Å²) in [6.07, 6.45) is 1.46. The van der Waals surface area contributed by atoms with Gasteiger partial charge in [0, 0.05) is 11.2 Å². The number of nitrogens with zero attached hydrogens (tertiary/aromatic N) is 1. The third-order valence-electron chi connectivity index (χ3n) is 2.57. The Morgan fingerprint density at radius 1 is 1.15 bits per heavy atom. The van der Waals surface area contributed by atoms with E-state index in [0.717, 1.165) is 5.56 Å². The highest BCUT2D eigenvalue weighted by Gasteiger charge is 2.08. The number of nitrogens with one attached hydrogen (secondary N) is 1. The van der Waals surface area contributed by atoms with Crippen LogP contribution in [0.2, 0.25) is 5.02 Å². The lowest BCUT2D eigenvalue weighted by atomic mass is 10.1. The van der Waals surface area contributed by atoms with Gasteiger partial charge in [-0.15, -0.1) is 0 Å². The first-order valence-electron chi connectivity index (χ1n) is 5.75. The Morgan fingerprint density at radius 2 is 1.90 bits per heavy atom. The zero-order valence-electron chi connectivity index (χ0n) is 10.3. The molecule has 1 amide bonds. The molecular formula is C14H10Cl2N2O2. The molecule has 1 N–H and O–H groups in total. The number of pyridine rings is 1. The van der Waals surface area contributed by atoms with Crippen molar-refractivity contribution in [3.8, 4) is 0 Å². The van der Waals surface area contributed by atoms with Crippen LogP contribution in [0.1, 0.15) is 15.9 Å². The largest absolute Gasteiger partial charge is 0.310 e. The predicted octanol–water partition coefficient (Wildman–Crippen LogP) is 3.30. The lowest BCUT2D eigenvalue weighted by molar-refractivity contribution is -0.115. The maximum absolute atomic E-state index is 11.9. The number of carbonyl (C=O) groups is 2. The van der Waals surface area contributed by atoms with Crippen LogP contribution in [0, 0.1) is 0 Å². The first-order valence-corrected chi connectivity index (χ1v) is 6.51. The van der Waals surface area contributed by atoms with Gasteiger partial charge in [0.1, 0.15) is 5.82 Å². The summed E-state index contributed by atoms with van der Waals surface area (Å²) < 4.78 is 0. The van der Waals surface area contributed by atoms with E-state index in [1.54, 1.807) is 18.2 Å². The molecule has 0 saturated heterocycles. The first kappa shape index (κ1) is 14.5. The lowest BCUT2D eigenvalue weighted by Gasteiger charge is -2.06. The average molecular weight is 309 g/mol. The van der Waals surface area contributed by atoms with Gasteiger partial charge in [0.25, 0.3) is 5.24 Å². The van der Waals surface area contributed by atoms with Crippen LogP contribution in [-0.4, -0.2) is 16.1 Å². The summed E-state index contributed by atoms with van der Waals surface area (Å²) in [5, 5.41) is 2.57. The second kappa shape index (κ2) is 6.50. The summed E-state index contributed by atoms with van der Waals surface area (Å²) in [5.41, 5.74) is 1.01. The molecule has 20 heavy (non-hydrogen) atoms. The maximum Gasteiger partial charge on any atom is 0.253 e. The van der Waals surface area contributed by atoms with Gasteiger partial charge in [0.2, 0.25) is 5.91 Å². The van der Waals surface area contributed by atoms with Gasteiger partial charge >= 0.3 is 0 Å². The van der Waals surface area contributed by atoms with Crippen LogP contribution in [0.5, 0.6) is 0 Å². The van der Waals surface area contributed by atoms with E-state index < -0.39 is 5.24 Å². The Labute approximate surface area is 125 Å². The number of hydrogen-bond donors (Lipinski definition) is 1. The molecule has 0 fully saturated rings. The first-order chi connectivity index (χ1) is 9.56. The highest BCUT2D eigenvalue weighted by Crippen LogP contribution is 2.16. The van der Waals surface area contributed by atoms with E-state index in [4.69, 9.17) is 23.2 Å². The molecule has 2 aromatic rings. The van der Waals surface area contributed by atoms with Crippen molar-refractivity contribution in [1.29, 1.82) is 0 Å². The summed E-state index contributed by atoms with van der Waals surface area (Å²) in [5.74, 6) is 0.110. The van der Waals surface area contributed by atoms with Crippen LogP contribution in [0.25, 0.3) is 0 Å². The van der Waals surface area contributed by atoms with Crippen molar-refractivity contribution in [3.63, 3.8) is 0 Å². The molecule has 1 aromatic carbocycles. The van der Waals surface area contributed by atoms with E-state index in [-0.39, 0.29) is 17.9 Å². The monoisotopic (exact) mass is 308 g/mol. The van der Waals surface area contributed by atoms with E-state index in [1.807, 2.05) is 6.07 Å². The molecule has 0 saturated carbocycles. The van der Waals surface area contributed by atoms with Crippen LogP contribution >= 0.6 is 23.2 Å². The fourth-order valence-corrected chi connectivity index (χ4v) is 1.90. The average Bonchev–Trinajstić information content (AvgIpc) is 2.42. The molecule has 2 rings (SSSR count). The zero-order chi connectivity index (χ0) is 14.5. The minimum absolute atomic E-state index is 0.150. The number of rotatable bonds is 4. The van der Waals surface area contributed by atoms with Crippen LogP contribution in [-0.2, 0) is 11.2 Å². The number of hydrogen-bond acceptors (Lipinski definition) is 3. The van der Waals surface area contributed by atoms with Gasteiger partial charge in [0.15, 0.2) is 0 Å². The molecule has 1 aromatic heterocycles. The van der Waals surface area contributed by atoms with Crippen LogP contribution in [0.15, 0.2) is 42.6 Å². The van der Waals surface area contributed by atoms with Gasteiger partial charge in [-0.1, -0.05) is 29.8 Å². The quantitative estimate of drug-likeness (QED) is 0.882. The third-order valence-corrected chi connectivity index (χ3v) is 3.15. The van der Waals surface area contributed by atoms with Crippen molar-refractivity contribution >= 4 is 40.2 Å². The highest BCUT2D eigenvalue weighted by molar-refractivity contribution is 6.67. The Morgan fingerprint density at radius 3 is 2.50 bits per heavy atom. The van der Waals surface area contributed by atoms with Gasteiger partial charge in [-0.05, 0) is 35.4 Å². The van der Waals surface area contributed by atoms with Crippen molar-refractivity contribution in [1.82, 2.24) is 4.98 Å². The maximum atomic E-state index is 11.9. The molecule has 0 bridgehead atoms. The number of anilines is 1. The van der Waals surface area contributed by atoms with Crippen LogP contribution < -0.4 is 5.32 Å². The smallest absolute Gasteiger partial charge is 0.253 e. The molecule has 0 aliphatic heterocycles. The van der Waals surface area contributed by atoms with Gasteiger partial charge in [0.05, 0.1) is 12.0 Å². The van der Waals surface area contributed by atoms with Gasteiger partial charge in [-0.25, -0.2) is 4.98 Å². The molecule has 1 heterocycles. The summed E-state index contributed by atoms with van der Waals surface area (Å²) in [7, 11) is 0. The minimum atomic E-state index is -0.591. The number of benzene rings is 1. The second-order valence-corrected chi connectivity index (χ2v) is 4.77. The summed E-state index contributed by atoms with van der Waals surface area (Å²) in [4.78, 5) is 26.7. The summed E-state index contributed by atoms with van der Waals surface area (Å²) in [6, 6.07) is 10.1. The van der Waals surface area contributed by atoms with Crippen molar-refractivity contribution in [3.05, 3.63) is 58.7 Å². The summed E-state index contributed by atoms with van der Waals surface area (Å²) >= 11 is 11.3. The van der Waals surface area contributed by atoms with Gasteiger partial charge in [-0.3, -0.25) is 9.59 Å². The minimum Gasteiger partial charge on any atom is -0.310 e. The van der Waals surface area contributed by atoms with Gasteiger partial charge in [-0.2, -0.15) is 0 Å². The molecule has 0 aliphatic rings. The van der Waals surface area contributed by atoms with Gasteiger partial charge < -0.3 is 5.32 Å².